The van der Waals surface area contributed by atoms with Crippen molar-refractivity contribution in [3.05, 3.63) is 65.2 Å². The van der Waals surface area contributed by atoms with Gasteiger partial charge < -0.3 is 15.5 Å². The average molecular weight is 373 g/mol. The van der Waals surface area contributed by atoms with E-state index in [1.807, 2.05) is 42.5 Å². The molecular formula is C20H25ClN4O. The molecule has 0 radical (unpaired) electrons. The summed E-state index contributed by atoms with van der Waals surface area (Å²) in [5.41, 5.74) is 2.31. The first-order valence-electron chi connectivity index (χ1n) is 8.99. The van der Waals surface area contributed by atoms with Gasteiger partial charge in [0.05, 0.1) is 0 Å². The van der Waals surface area contributed by atoms with Crippen LogP contribution in [0, 0.1) is 0 Å². The van der Waals surface area contributed by atoms with Crippen molar-refractivity contribution in [2.75, 3.05) is 44.2 Å². The van der Waals surface area contributed by atoms with Gasteiger partial charge in [0, 0.05) is 56.5 Å². The fraction of sp³-hybridized carbons (Fsp3) is 0.350. The zero-order valence-electron chi connectivity index (χ0n) is 14.8. The Hall–Kier alpha value is -2.24. The summed E-state index contributed by atoms with van der Waals surface area (Å²) in [6.07, 6.45) is 0. The summed E-state index contributed by atoms with van der Waals surface area (Å²) in [5.74, 6) is 0. The second-order valence-electron chi connectivity index (χ2n) is 6.40. The molecule has 0 spiro atoms. The minimum atomic E-state index is -0.117. The van der Waals surface area contributed by atoms with E-state index in [0.717, 1.165) is 43.3 Å². The van der Waals surface area contributed by atoms with Gasteiger partial charge in [-0.05, 0) is 29.8 Å². The zero-order chi connectivity index (χ0) is 18.2. The molecule has 0 aliphatic carbocycles. The van der Waals surface area contributed by atoms with Gasteiger partial charge in [0.15, 0.2) is 0 Å². The van der Waals surface area contributed by atoms with Crippen LogP contribution in [0.2, 0.25) is 5.02 Å². The standard InChI is InChI=1S/C20H25ClN4O/c21-18-6-8-19(9-7-18)25-14-12-24(13-15-25)11-10-22-20(26)23-16-17-4-2-1-3-5-17/h1-9H,10-16H2,(H2,22,23,26). The Kier molecular flexibility index (Phi) is 6.75. The number of piperazine rings is 1. The lowest BCUT2D eigenvalue weighted by atomic mass is 10.2. The Balaban J connectivity index is 1.31. The Labute approximate surface area is 159 Å². The third-order valence-corrected chi connectivity index (χ3v) is 4.83. The highest BCUT2D eigenvalue weighted by Crippen LogP contribution is 2.19. The Morgan fingerprint density at radius 3 is 2.31 bits per heavy atom. The fourth-order valence-corrected chi connectivity index (χ4v) is 3.18. The van der Waals surface area contributed by atoms with Crippen LogP contribution in [0.3, 0.4) is 0 Å². The number of nitrogens with one attached hydrogen (secondary N) is 2. The lowest BCUT2D eigenvalue weighted by molar-refractivity contribution is 0.231. The number of carbonyl (C=O) groups excluding carboxylic acids is 1. The average Bonchev–Trinajstić information content (AvgIpc) is 2.68. The summed E-state index contributed by atoms with van der Waals surface area (Å²) in [5, 5.41) is 6.58. The highest BCUT2D eigenvalue weighted by atomic mass is 35.5. The van der Waals surface area contributed by atoms with E-state index in [1.165, 1.54) is 5.69 Å². The summed E-state index contributed by atoms with van der Waals surface area (Å²) in [6.45, 7) is 6.04. The molecule has 0 atom stereocenters. The molecule has 1 fully saturated rings. The van der Waals surface area contributed by atoms with Crippen molar-refractivity contribution in [3.8, 4) is 0 Å². The molecule has 3 rings (SSSR count). The monoisotopic (exact) mass is 372 g/mol. The van der Waals surface area contributed by atoms with Crippen LogP contribution in [-0.4, -0.2) is 50.2 Å². The number of rotatable bonds is 6. The molecule has 0 bridgehead atoms. The molecule has 2 N–H and O–H groups in total. The first-order chi connectivity index (χ1) is 12.7. The van der Waals surface area contributed by atoms with Crippen molar-refractivity contribution in [2.45, 2.75) is 6.54 Å². The maximum Gasteiger partial charge on any atom is 0.315 e. The van der Waals surface area contributed by atoms with Gasteiger partial charge >= 0.3 is 6.03 Å². The van der Waals surface area contributed by atoms with Crippen molar-refractivity contribution < 1.29 is 4.79 Å². The van der Waals surface area contributed by atoms with E-state index >= 15 is 0 Å². The molecule has 5 nitrogen and oxygen atoms in total. The van der Waals surface area contributed by atoms with Crippen molar-refractivity contribution in [1.29, 1.82) is 0 Å². The SMILES string of the molecule is O=C(NCCN1CCN(c2ccc(Cl)cc2)CC1)NCc1ccccc1. The summed E-state index contributed by atoms with van der Waals surface area (Å²) in [4.78, 5) is 16.6. The summed E-state index contributed by atoms with van der Waals surface area (Å²) < 4.78 is 0. The number of hydrogen-bond acceptors (Lipinski definition) is 3. The number of halogens is 1. The van der Waals surface area contributed by atoms with Crippen LogP contribution in [-0.2, 0) is 6.54 Å². The molecule has 6 heteroatoms. The number of nitrogens with zero attached hydrogens (tertiary/aromatic N) is 2. The molecule has 0 aromatic heterocycles. The van der Waals surface area contributed by atoms with Crippen LogP contribution in [0.1, 0.15) is 5.56 Å². The Morgan fingerprint density at radius 1 is 0.923 bits per heavy atom. The van der Waals surface area contributed by atoms with Crippen LogP contribution in [0.15, 0.2) is 54.6 Å². The summed E-state index contributed by atoms with van der Waals surface area (Å²) in [6, 6.07) is 17.8. The second kappa shape index (κ2) is 9.46. The minimum absolute atomic E-state index is 0.117. The predicted octanol–water partition coefficient (Wildman–Crippen LogP) is 2.96. The van der Waals surface area contributed by atoms with Gasteiger partial charge in [-0.1, -0.05) is 41.9 Å². The van der Waals surface area contributed by atoms with Gasteiger partial charge in [0.1, 0.15) is 0 Å². The molecule has 138 valence electrons. The van der Waals surface area contributed by atoms with Crippen molar-refractivity contribution in [1.82, 2.24) is 15.5 Å². The molecule has 1 heterocycles. The first kappa shape index (κ1) is 18.5. The molecule has 1 saturated heterocycles. The summed E-state index contributed by atoms with van der Waals surface area (Å²) in [7, 11) is 0. The zero-order valence-corrected chi connectivity index (χ0v) is 15.6. The molecule has 2 aromatic carbocycles. The Morgan fingerprint density at radius 2 is 1.62 bits per heavy atom. The first-order valence-corrected chi connectivity index (χ1v) is 9.37. The highest BCUT2D eigenvalue weighted by Gasteiger charge is 2.16. The predicted molar refractivity (Wildman–Crippen MR) is 107 cm³/mol. The molecule has 1 aliphatic heterocycles. The third kappa shape index (κ3) is 5.64. The lowest BCUT2D eigenvalue weighted by Gasteiger charge is -2.36. The third-order valence-electron chi connectivity index (χ3n) is 4.57. The maximum absolute atomic E-state index is 11.9. The maximum atomic E-state index is 11.9. The van der Waals surface area contributed by atoms with Crippen LogP contribution >= 0.6 is 11.6 Å². The van der Waals surface area contributed by atoms with Crippen LogP contribution < -0.4 is 15.5 Å². The molecular weight excluding hydrogens is 348 g/mol. The topological polar surface area (TPSA) is 47.6 Å². The van der Waals surface area contributed by atoms with E-state index in [1.54, 1.807) is 0 Å². The van der Waals surface area contributed by atoms with E-state index in [4.69, 9.17) is 11.6 Å². The van der Waals surface area contributed by atoms with E-state index in [2.05, 4.69) is 32.6 Å². The second-order valence-corrected chi connectivity index (χ2v) is 6.84. The van der Waals surface area contributed by atoms with Gasteiger partial charge in [0.2, 0.25) is 0 Å². The molecule has 0 unspecified atom stereocenters. The Bertz CT molecular complexity index is 685. The normalized spacial score (nSPS) is 14.9. The van der Waals surface area contributed by atoms with Gasteiger partial charge in [-0.25, -0.2) is 4.79 Å². The van der Waals surface area contributed by atoms with Crippen molar-refractivity contribution in [3.63, 3.8) is 0 Å². The van der Waals surface area contributed by atoms with Crippen molar-refractivity contribution in [2.24, 2.45) is 0 Å². The fourth-order valence-electron chi connectivity index (χ4n) is 3.05. The summed E-state index contributed by atoms with van der Waals surface area (Å²) >= 11 is 5.95. The van der Waals surface area contributed by atoms with Gasteiger partial charge in [-0.3, -0.25) is 4.90 Å². The number of anilines is 1. The largest absolute Gasteiger partial charge is 0.369 e. The van der Waals surface area contributed by atoms with E-state index in [-0.39, 0.29) is 6.03 Å². The molecule has 1 aliphatic rings. The minimum Gasteiger partial charge on any atom is -0.369 e. The molecule has 2 aromatic rings. The lowest BCUT2D eigenvalue weighted by Crippen LogP contribution is -2.49. The molecule has 2 amide bonds. The van der Waals surface area contributed by atoms with Crippen LogP contribution in [0.4, 0.5) is 10.5 Å². The highest BCUT2D eigenvalue weighted by molar-refractivity contribution is 6.30. The molecule has 26 heavy (non-hydrogen) atoms. The van der Waals surface area contributed by atoms with Gasteiger partial charge in [0.25, 0.3) is 0 Å². The number of amides is 2. The van der Waals surface area contributed by atoms with Crippen LogP contribution in [0.25, 0.3) is 0 Å². The number of benzene rings is 2. The quantitative estimate of drug-likeness (QED) is 0.819. The molecule has 0 saturated carbocycles. The van der Waals surface area contributed by atoms with E-state index in [0.29, 0.717) is 13.1 Å². The number of urea groups is 1. The van der Waals surface area contributed by atoms with Gasteiger partial charge in [-0.2, -0.15) is 0 Å². The van der Waals surface area contributed by atoms with Gasteiger partial charge in [-0.15, -0.1) is 0 Å². The van der Waals surface area contributed by atoms with Crippen molar-refractivity contribution >= 4 is 23.3 Å². The smallest absolute Gasteiger partial charge is 0.315 e. The number of hydrogen-bond donors (Lipinski definition) is 2. The number of carbonyl (C=O) groups is 1. The van der Waals surface area contributed by atoms with E-state index in [9.17, 15) is 4.79 Å². The van der Waals surface area contributed by atoms with E-state index < -0.39 is 0 Å². The van der Waals surface area contributed by atoms with Crippen LogP contribution in [0.5, 0.6) is 0 Å².